The molecule has 0 spiro atoms. The smallest absolute Gasteiger partial charge is 0.254 e. The number of rotatable bonds is 9. The fraction of sp³-hybridized carbons (Fsp3) is 0.345. The number of nitrogens with zero attached hydrogens (tertiary/aromatic N) is 1. The van der Waals surface area contributed by atoms with Crippen molar-refractivity contribution < 1.29 is 27.4 Å². The predicted octanol–water partition coefficient (Wildman–Crippen LogP) is 4.59. The minimum absolute atomic E-state index is 0.0361. The summed E-state index contributed by atoms with van der Waals surface area (Å²) >= 11 is 0. The van der Waals surface area contributed by atoms with E-state index in [4.69, 9.17) is 14.2 Å². The Balaban J connectivity index is 1.52. The van der Waals surface area contributed by atoms with Crippen LogP contribution in [-0.2, 0) is 20.3 Å². The molecule has 4 rings (SSSR count). The molecule has 1 amide bonds. The highest BCUT2D eigenvalue weighted by Gasteiger charge is 2.39. The first-order valence-electron chi connectivity index (χ1n) is 12.2. The lowest BCUT2D eigenvalue weighted by Crippen LogP contribution is -2.44. The van der Waals surface area contributed by atoms with Gasteiger partial charge in [-0.3, -0.25) is 4.79 Å². The molecule has 2 atom stereocenters. The predicted molar refractivity (Wildman–Crippen MR) is 142 cm³/mol. The van der Waals surface area contributed by atoms with Crippen molar-refractivity contribution in [3.05, 3.63) is 89.0 Å². The van der Waals surface area contributed by atoms with Crippen LogP contribution in [0.5, 0.6) is 11.5 Å². The van der Waals surface area contributed by atoms with Crippen molar-refractivity contribution in [2.75, 3.05) is 27.4 Å². The van der Waals surface area contributed by atoms with Crippen molar-refractivity contribution in [2.24, 2.45) is 0 Å². The van der Waals surface area contributed by atoms with Crippen molar-refractivity contribution >= 4 is 15.7 Å². The van der Waals surface area contributed by atoms with Crippen LogP contribution in [0.1, 0.15) is 33.5 Å². The van der Waals surface area contributed by atoms with Crippen molar-refractivity contribution in [3.63, 3.8) is 0 Å². The number of aryl methyl sites for hydroxylation is 2. The Hall–Kier alpha value is -3.36. The Morgan fingerprint density at radius 3 is 2.54 bits per heavy atom. The van der Waals surface area contributed by atoms with Crippen LogP contribution in [0.25, 0.3) is 0 Å². The Kier molecular flexibility index (Phi) is 8.19. The molecule has 1 aliphatic heterocycles. The standard InChI is InChI=1S/C29H33NO6S/c1-20-12-13-21(2)24(16-20)29(31)30-15-14-26(25(30)18-34-3)36-23-9-7-8-22(17-23)19-37(32,33)28-11-6-5-10-27(28)35-4/h5-13,16-17,25-26H,14-15,18-19H2,1-4H3. The number of sulfone groups is 1. The van der Waals surface area contributed by atoms with Crippen LogP contribution in [0.15, 0.2) is 71.6 Å². The van der Waals surface area contributed by atoms with E-state index in [0.29, 0.717) is 42.2 Å². The maximum Gasteiger partial charge on any atom is 0.254 e. The van der Waals surface area contributed by atoms with Gasteiger partial charge in [0.1, 0.15) is 22.5 Å². The third-order valence-corrected chi connectivity index (χ3v) is 8.37. The maximum atomic E-state index is 13.4. The highest BCUT2D eigenvalue weighted by atomic mass is 32.2. The molecule has 1 fully saturated rings. The van der Waals surface area contributed by atoms with Gasteiger partial charge in [0.25, 0.3) is 5.91 Å². The summed E-state index contributed by atoms with van der Waals surface area (Å²) in [7, 11) is -0.567. The summed E-state index contributed by atoms with van der Waals surface area (Å²) in [4.78, 5) is 15.4. The van der Waals surface area contributed by atoms with Gasteiger partial charge in [-0.25, -0.2) is 8.42 Å². The molecule has 1 heterocycles. The van der Waals surface area contributed by atoms with Gasteiger partial charge in [-0.05, 0) is 55.3 Å². The first-order valence-corrected chi connectivity index (χ1v) is 13.9. The molecule has 0 N–H and O–H groups in total. The first-order chi connectivity index (χ1) is 17.7. The van der Waals surface area contributed by atoms with Crippen molar-refractivity contribution in [2.45, 2.75) is 43.1 Å². The van der Waals surface area contributed by atoms with Crippen LogP contribution in [0.2, 0.25) is 0 Å². The van der Waals surface area contributed by atoms with E-state index in [0.717, 1.165) is 11.1 Å². The van der Waals surface area contributed by atoms with Gasteiger partial charge >= 0.3 is 0 Å². The van der Waals surface area contributed by atoms with Gasteiger partial charge in [-0.1, -0.05) is 42.0 Å². The zero-order chi connectivity index (χ0) is 26.6. The van der Waals surface area contributed by atoms with E-state index in [9.17, 15) is 13.2 Å². The van der Waals surface area contributed by atoms with Crippen molar-refractivity contribution in [1.82, 2.24) is 4.90 Å². The molecule has 0 radical (unpaired) electrons. The number of methoxy groups -OCH3 is 2. The first kappa shape index (κ1) is 26.7. The monoisotopic (exact) mass is 523 g/mol. The van der Waals surface area contributed by atoms with Gasteiger partial charge in [-0.2, -0.15) is 0 Å². The number of carbonyl (C=O) groups excluding carboxylic acids is 1. The number of hydrogen-bond donors (Lipinski definition) is 0. The lowest BCUT2D eigenvalue weighted by Gasteiger charge is -2.28. The van der Waals surface area contributed by atoms with E-state index in [-0.39, 0.29) is 28.7 Å². The van der Waals surface area contributed by atoms with Gasteiger partial charge in [-0.15, -0.1) is 0 Å². The molecule has 8 heteroatoms. The molecule has 0 aromatic heterocycles. The van der Waals surface area contributed by atoms with Crippen LogP contribution >= 0.6 is 0 Å². The maximum absolute atomic E-state index is 13.4. The molecular weight excluding hydrogens is 490 g/mol. The van der Waals surface area contributed by atoms with Crippen LogP contribution in [0, 0.1) is 13.8 Å². The summed E-state index contributed by atoms with van der Waals surface area (Å²) in [5.41, 5.74) is 3.25. The summed E-state index contributed by atoms with van der Waals surface area (Å²) in [5.74, 6) is 0.649. The van der Waals surface area contributed by atoms with E-state index in [2.05, 4.69) is 0 Å². The van der Waals surface area contributed by atoms with Gasteiger partial charge < -0.3 is 19.1 Å². The van der Waals surface area contributed by atoms with Gasteiger partial charge in [0, 0.05) is 25.6 Å². The summed E-state index contributed by atoms with van der Waals surface area (Å²) in [6, 6.07) is 19.3. The molecule has 3 aromatic rings. The van der Waals surface area contributed by atoms with Crippen LogP contribution < -0.4 is 9.47 Å². The third kappa shape index (κ3) is 5.97. The molecule has 0 bridgehead atoms. The van der Waals surface area contributed by atoms with Crippen molar-refractivity contribution in [1.29, 1.82) is 0 Å². The number of benzene rings is 3. The van der Waals surface area contributed by atoms with E-state index >= 15 is 0 Å². The van der Waals surface area contributed by atoms with Crippen LogP contribution in [0.4, 0.5) is 0 Å². The summed E-state index contributed by atoms with van der Waals surface area (Å²) in [6.07, 6.45) is 0.365. The number of likely N-dealkylation sites (tertiary alicyclic amines) is 1. The second kappa shape index (κ2) is 11.4. The lowest BCUT2D eigenvalue weighted by atomic mass is 10.0. The van der Waals surface area contributed by atoms with E-state index < -0.39 is 9.84 Å². The number of amides is 1. The zero-order valence-electron chi connectivity index (χ0n) is 21.6. The minimum Gasteiger partial charge on any atom is -0.495 e. The topological polar surface area (TPSA) is 82.1 Å². The second-order valence-corrected chi connectivity index (χ2v) is 11.3. The SMILES string of the molecule is COCC1C(Oc2cccc(CS(=O)(=O)c3ccccc3OC)c2)CCN1C(=O)c1cc(C)ccc1C. The molecule has 1 aliphatic rings. The summed E-state index contributed by atoms with van der Waals surface area (Å²) in [6.45, 7) is 4.79. The van der Waals surface area contributed by atoms with Crippen LogP contribution in [0.3, 0.4) is 0 Å². The molecule has 0 saturated carbocycles. The normalized spacial score (nSPS) is 17.6. The lowest BCUT2D eigenvalue weighted by molar-refractivity contribution is 0.0453. The van der Waals surface area contributed by atoms with Gasteiger partial charge in [0.05, 0.1) is 25.5 Å². The second-order valence-electron chi connectivity index (χ2n) is 9.34. The van der Waals surface area contributed by atoms with E-state index in [1.807, 2.05) is 36.9 Å². The number of ether oxygens (including phenoxy) is 3. The number of carbonyl (C=O) groups is 1. The molecule has 37 heavy (non-hydrogen) atoms. The van der Waals surface area contributed by atoms with Gasteiger partial charge in [0.15, 0.2) is 9.84 Å². The fourth-order valence-corrected chi connectivity index (χ4v) is 6.28. The summed E-state index contributed by atoms with van der Waals surface area (Å²) in [5, 5.41) is 0. The molecule has 3 aromatic carbocycles. The van der Waals surface area contributed by atoms with E-state index in [1.54, 1.807) is 55.6 Å². The van der Waals surface area contributed by atoms with Crippen LogP contribution in [-0.4, -0.2) is 58.7 Å². The number of hydrogen-bond acceptors (Lipinski definition) is 6. The summed E-state index contributed by atoms with van der Waals surface area (Å²) < 4.78 is 43.2. The molecule has 7 nitrogen and oxygen atoms in total. The quantitative estimate of drug-likeness (QED) is 0.408. The Morgan fingerprint density at radius 2 is 1.78 bits per heavy atom. The van der Waals surface area contributed by atoms with E-state index in [1.165, 1.54) is 7.11 Å². The van der Waals surface area contributed by atoms with Gasteiger partial charge in [0.2, 0.25) is 0 Å². The Labute approximate surface area is 218 Å². The Morgan fingerprint density at radius 1 is 1.00 bits per heavy atom. The zero-order valence-corrected chi connectivity index (χ0v) is 22.5. The number of para-hydroxylation sites is 1. The fourth-order valence-electron chi connectivity index (χ4n) is 4.76. The average Bonchev–Trinajstić information content (AvgIpc) is 3.27. The molecule has 196 valence electrons. The molecule has 2 unspecified atom stereocenters. The average molecular weight is 524 g/mol. The molecule has 0 aliphatic carbocycles. The molecule has 1 saturated heterocycles. The minimum atomic E-state index is -3.63. The Bertz CT molecular complexity index is 1370. The van der Waals surface area contributed by atoms with Crippen molar-refractivity contribution in [3.8, 4) is 11.5 Å². The largest absolute Gasteiger partial charge is 0.495 e. The third-order valence-electron chi connectivity index (χ3n) is 6.65. The molecular formula is C29H33NO6S. The highest BCUT2D eigenvalue weighted by Crippen LogP contribution is 2.30. The highest BCUT2D eigenvalue weighted by molar-refractivity contribution is 7.90.